The molecule has 0 radical (unpaired) electrons. The van der Waals surface area contributed by atoms with Crippen molar-refractivity contribution in [1.82, 2.24) is 20.5 Å². The molecule has 1 aliphatic carbocycles. The van der Waals surface area contributed by atoms with Crippen LogP contribution in [-0.2, 0) is 6.54 Å². The maximum atomic E-state index is 6.19. The molecule has 8 heteroatoms. The lowest BCUT2D eigenvalue weighted by Gasteiger charge is -2.36. The van der Waals surface area contributed by atoms with Crippen molar-refractivity contribution in [3.05, 3.63) is 52.0 Å². The summed E-state index contributed by atoms with van der Waals surface area (Å²) in [7, 11) is 0. The summed E-state index contributed by atoms with van der Waals surface area (Å²) in [6.07, 6.45) is 14.8. The summed E-state index contributed by atoms with van der Waals surface area (Å²) >= 11 is 7.98. The zero-order valence-electron chi connectivity index (χ0n) is 19.9. The molecular weight excluding hydrogens is 456 g/mol. The van der Waals surface area contributed by atoms with Crippen molar-refractivity contribution in [3.63, 3.8) is 0 Å². The van der Waals surface area contributed by atoms with Crippen LogP contribution in [0.1, 0.15) is 49.7 Å². The molecule has 1 aromatic heterocycles. The van der Waals surface area contributed by atoms with Crippen LogP contribution in [0.15, 0.2) is 41.3 Å². The molecule has 0 saturated carbocycles. The third-order valence-electron chi connectivity index (χ3n) is 6.82. The van der Waals surface area contributed by atoms with Crippen molar-refractivity contribution in [1.29, 1.82) is 0 Å². The smallest absolute Gasteiger partial charge is 0.101 e. The first-order chi connectivity index (χ1) is 15.1. The number of aromatic nitrogens is 1. The number of nitrogens with zero attached hydrogens (tertiary/aromatic N) is 2. The van der Waals surface area contributed by atoms with Crippen molar-refractivity contribution in [2.24, 2.45) is 11.8 Å². The average Bonchev–Trinajstić information content (AvgIpc) is 3.27. The van der Waals surface area contributed by atoms with Crippen LogP contribution < -0.4 is 10.6 Å². The van der Waals surface area contributed by atoms with E-state index < -0.39 is 0 Å². The highest BCUT2D eigenvalue weighted by atomic mass is 35.5. The standard InChI is InChI=1S/C25H37ClN4S.2H2O/c1-18(2)24(28-15-23-17-31-25(29-23)21-4-3-11-27-14-21)16-30-12-9-20(10-13-30)19-5-7-22(26)8-6-19;;/h3-7,17-18,20-22,24,27-28H,8-16H2,1-2H3;2*1H2/t21?,22?,24-;;/m0../s1. The molecule has 186 valence electrons. The Bertz CT molecular complexity index is 802. The van der Waals surface area contributed by atoms with Crippen molar-refractivity contribution >= 4 is 22.9 Å². The van der Waals surface area contributed by atoms with Crippen molar-refractivity contribution in [2.45, 2.75) is 57.0 Å². The van der Waals surface area contributed by atoms with Crippen molar-refractivity contribution < 1.29 is 11.0 Å². The summed E-state index contributed by atoms with van der Waals surface area (Å²) in [5.74, 6) is 1.74. The highest BCUT2D eigenvalue weighted by molar-refractivity contribution is 7.09. The number of nitrogens with one attached hydrogen (secondary N) is 2. The molecular formula is C25H41ClN4O2S. The predicted octanol–water partition coefficient (Wildman–Crippen LogP) is 3.06. The fourth-order valence-corrected chi connectivity index (χ4v) is 5.81. The summed E-state index contributed by atoms with van der Waals surface area (Å²) in [5.41, 5.74) is 2.69. The Kier molecular flexibility index (Phi) is 11.7. The monoisotopic (exact) mass is 496 g/mol. The minimum Gasteiger partial charge on any atom is -0.412 e. The summed E-state index contributed by atoms with van der Waals surface area (Å²) in [6.45, 7) is 11.0. The Hall–Kier alpha value is -1.06. The van der Waals surface area contributed by atoms with Crippen LogP contribution in [0, 0.1) is 11.8 Å². The second-order valence-electron chi connectivity index (χ2n) is 9.49. The van der Waals surface area contributed by atoms with Crippen LogP contribution in [0.3, 0.4) is 0 Å². The first-order valence-corrected chi connectivity index (χ1v) is 13.2. The predicted molar refractivity (Wildman–Crippen MR) is 140 cm³/mol. The number of allylic oxidation sites excluding steroid dienone is 4. The van der Waals surface area contributed by atoms with E-state index in [0.29, 0.717) is 23.8 Å². The van der Waals surface area contributed by atoms with E-state index in [2.05, 4.69) is 65.1 Å². The van der Waals surface area contributed by atoms with Crippen LogP contribution in [0.5, 0.6) is 0 Å². The molecule has 0 spiro atoms. The van der Waals surface area contributed by atoms with E-state index in [-0.39, 0.29) is 16.3 Å². The molecule has 3 aliphatic rings. The van der Waals surface area contributed by atoms with Gasteiger partial charge < -0.3 is 26.5 Å². The van der Waals surface area contributed by atoms with Gasteiger partial charge in [0.05, 0.1) is 11.1 Å². The van der Waals surface area contributed by atoms with Gasteiger partial charge in [0, 0.05) is 43.5 Å². The third-order valence-corrected chi connectivity index (χ3v) is 8.17. The van der Waals surface area contributed by atoms with Gasteiger partial charge >= 0.3 is 0 Å². The van der Waals surface area contributed by atoms with Gasteiger partial charge in [-0.1, -0.05) is 44.2 Å². The van der Waals surface area contributed by atoms with Crippen molar-refractivity contribution in [2.75, 3.05) is 32.7 Å². The van der Waals surface area contributed by atoms with Gasteiger partial charge in [-0.05, 0) is 49.8 Å². The molecule has 3 atom stereocenters. The van der Waals surface area contributed by atoms with E-state index in [4.69, 9.17) is 16.6 Å². The molecule has 1 aromatic rings. The van der Waals surface area contributed by atoms with E-state index in [1.165, 1.54) is 42.2 Å². The quantitative estimate of drug-likeness (QED) is 0.426. The normalized spacial score (nSPS) is 24.8. The molecule has 33 heavy (non-hydrogen) atoms. The second-order valence-corrected chi connectivity index (χ2v) is 10.9. The number of thiazole rings is 1. The number of likely N-dealkylation sites (tertiary alicyclic amines) is 1. The Labute approximate surface area is 207 Å². The molecule has 1 saturated heterocycles. The van der Waals surface area contributed by atoms with E-state index in [9.17, 15) is 0 Å². The summed E-state index contributed by atoms with van der Waals surface area (Å²) < 4.78 is 0. The molecule has 2 unspecified atom stereocenters. The minimum atomic E-state index is 0. The number of halogens is 1. The van der Waals surface area contributed by atoms with Gasteiger partial charge in [-0.3, -0.25) is 0 Å². The van der Waals surface area contributed by atoms with Crippen LogP contribution in [0.25, 0.3) is 0 Å². The van der Waals surface area contributed by atoms with Gasteiger partial charge in [0.25, 0.3) is 0 Å². The van der Waals surface area contributed by atoms with Crippen LogP contribution in [-0.4, -0.2) is 65.0 Å². The lowest BCUT2D eigenvalue weighted by atomic mass is 9.86. The lowest BCUT2D eigenvalue weighted by Crippen LogP contribution is -2.46. The molecule has 4 rings (SSSR count). The maximum absolute atomic E-state index is 6.19. The molecule has 1 fully saturated rings. The Morgan fingerprint density at radius 1 is 1.24 bits per heavy atom. The summed E-state index contributed by atoms with van der Waals surface area (Å²) in [6, 6.07) is 0.490. The Balaban J connectivity index is 0.00000193. The highest BCUT2D eigenvalue weighted by Gasteiger charge is 2.25. The molecule has 6 nitrogen and oxygen atoms in total. The summed E-state index contributed by atoms with van der Waals surface area (Å²) in [4.78, 5) is 7.56. The Morgan fingerprint density at radius 2 is 2.03 bits per heavy atom. The van der Waals surface area contributed by atoms with Crippen molar-refractivity contribution in [3.8, 4) is 0 Å². The number of hydrogen-bond acceptors (Lipinski definition) is 5. The largest absolute Gasteiger partial charge is 0.412 e. The fourth-order valence-electron chi connectivity index (χ4n) is 4.75. The fraction of sp³-hybridized carbons (Fsp3) is 0.640. The molecule has 6 N–H and O–H groups in total. The second kappa shape index (κ2) is 13.7. The van der Waals surface area contributed by atoms with Crippen LogP contribution in [0.4, 0.5) is 0 Å². The van der Waals surface area contributed by atoms with E-state index >= 15 is 0 Å². The number of alkyl halides is 1. The number of piperidine rings is 1. The van der Waals surface area contributed by atoms with Gasteiger partial charge in [0.15, 0.2) is 0 Å². The van der Waals surface area contributed by atoms with Crippen LogP contribution in [0.2, 0.25) is 0 Å². The maximum Gasteiger partial charge on any atom is 0.101 e. The SMILES string of the molecule is CC(C)[C@H](CN1CCC(C2=CCC(Cl)C=C2)CC1)NCc1csc(C2C=CCNC2)n1.O.O. The highest BCUT2D eigenvalue weighted by Crippen LogP contribution is 2.29. The number of rotatable bonds is 8. The average molecular weight is 497 g/mol. The third kappa shape index (κ3) is 7.99. The van der Waals surface area contributed by atoms with Gasteiger partial charge in [0.2, 0.25) is 0 Å². The van der Waals surface area contributed by atoms with E-state index in [1.54, 1.807) is 11.3 Å². The zero-order chi connectivity index (χ0) is 21.6. The molecule has 0 bridgehead atoms. The van der Waals surface area contributed by atoms with Crippen LogP contribution >= 0.6 is 22.9 Å². The van der Waals surface area contributed by atoms with E-state index in [0.717, 1.165) is 32.6 Å². The van der Waals surface area contributed by atoms with E-state index in [1.807, 2.05) is 0 Å². The minimum absolute atomic E-state index is 0. The molecule has 0 amide bonds. The molecule has 3 heterocycles. The first kappa shape index (κ1) is 28.2. The lowest BCUT2D eigenvalue weighted by molar-refractivity contribution is 0.166. The number of hydrogen-bond donors (Lipinski definition) is 2. The molecule has 2 aliphatic heterocycles. The first-order valence-electron chi connectivity index (χ1n) is 11.9. The van der Waals surface area contributed by atoms with Gasteiger partial charge in [-0.2, -0.15) is 0 Å². The zero-order valence-corrected chi connectivity index (χ0v) is 21.5. The summed E-state index contributed by atoms with van der Waals surface area (Å²) in [5, 5.41) is 10.9. The molecule has 0 aromatic carbocycles. The Morgan fingerprint density at radius 3 is 2.67 bits per heavy atom. The topological polar surface area (TPSA) is 103 Å². The van der Waals surface area contributed by atoms with Gasteiger partial charge in [0.1, 0.15) is 5.01 Å². The van der Waals surface area contributed by atoms with Gasteiger partial charge in [-0.25, -0.2) is 4.98 Å². The van der Waals surface area contributed by atoms with Gasteiger partial charge in [-0.15, -0.1) is 22.9 Å².